The van der Waals surface area contributed by atoms with E-state index in [1.165, 1.54) is 11.3 Å². The lowest BCUT2D eigenvalue weighted by Gasteiger charge is -2.10. The van der Waals surface area contributed by atoms with Gasteiger partial charge in [0.1, 0.15) is 16.6 Å². The summed E-state index contributed by atoms with van der Waals surface area (Å²) in [4.78, 5) is 5.41. The summed E-state index contributed by atoms with van der Waals surface area (Å²) < 4.78 is 0.945. The Morgan fingerprint density at radius 3 is 2.26 bits per heavy atom. The SMILES string of the molecule is N#Cc1cnc2c(c1)sc1nnc(-c3ccccc3)c(-c3ccccc3)c12. The Morgan fingerprint density at radius 2 is 1.56 bits per heavy atom. The van der Waals surface area contributed by atoms with E-state index in [4.69, 9.17) is 0 Å². The van der Waals surface area contributed by atoms with Crippen LogP contribution in [-0.2, 0) is 0 Å². The second-order valence-electron chi connectivity index (χ2n) is 6.12. The average molecular weight is 364 g/mol. The molecule has 0 radical (unpaired) electrons. The Bertz CT molecular complexity index is 1320. The first-order valence-corrected chi connectivity index (χ1v) is 9.26. The van der Waals surface area contributed by atoms with Gasteiger partial charge in [0, 0.05) is 22.7 Å². The Balaban J connectivity index is 1.94. The Morgan fingerprint density at radius 1 is 0.852 bits per heavy atom. The predicted molar refractivity (Wildman–Crippen MR) is 108 cm³/mol. The van der Waals surface area contributed by atoms with Gasteiger partial charge in [-0.2, -0.15) is 5.26 Å². The van der Waals surface area contributed by atoms with E-state index in [-0.39, 0.29) is 0 Å². The monoisotopic (exact) mass is 364 g/mol. The third-order valence-electron chi connectivity index (χ3n) is 4.48. The summed E-state index contributed by atoms with van der Waals surface area (Å²) in [6, 6.07) is 24.3. The van der Waals surface area contributed by atoms with Crippen molar-refractivity contribution in [1.29, 1.82) is 5.26 Å². The lowest BCUT2D eigenvalue weighted by molar-refractivity contribution is 1.09. The van der Waals surface area contributed by atoms with Crippen molar-refractivity contribution in [1.82, 2.24) is 15.2 Å². The molecule has 5 aromatic rings. The fraction of sp³-hybridized carbons (Fsp3) is 0. The molecule has 5 heteroatoms. The molecule has 0 saturated heterocycles. The van der Waals surface area contributed by atoms with Crippen LogP contribution in [0.15, 0.2) is 72.9 Å². The molecule has 2 aromatic carbocycles. The largest absolute Gasteiger partial charge is 0.253 e. The number of hydrogen-bond donors (Lipinski definition) is 0. The number of pyridine rings is 1. The molecule has 0 amide bonds. The smallest absolute Gasteiger partial charge is 0.149 e. The molecular formula is C22H12N4S. The second-order valence-corrected chi connectivity index (χ2v) is 7.15. The van der Waals surface area contributed by atoms with Crippen LogP contribution in [0.5, 0.6) is 0 Å². The number of thiophene rings is 1. The molecule has 4 nitrogen and oxygen atoms in total. The van der Waals surface area contributed by atoms with Crippen LogP contribution in [-0.4, -0.2) is 15.2 Å². The second kappa shape index (κ2) is 6.27. The molecule has 0 spiro atoms. The zero-order valence-electron chi connectivity index (χ0n) is 14.1. The van der Waals surface area contributed by atoms with E-state index in [0.29, 0.717) is 5.56 Å². The lowest BCUT2D eigenvalue weighted by atomic mass is 9.97. The van der Waals surface area contributed by atoms with Gasteiger partial charge in [-0.05, 0) is 11.6 Å². The number of rotatable bonds is 2. The fourth-order valence-corrected chi connectivity index (χ4v) is 4.30. The van der Waals surface area contributed by atoms with E-state index < -0.39 is 0 Å². The van der Waals surface area contributed by atoms with E-state index in [2.05, 4.69) is 33.4 Å². The van der Waals surface area contributed by atoms with Crippen molar-refractivity contribution >= 4 is 31.8 Å². The van der Waals surface area contributed by atoms with Crippen molar-refractivity contribution in [2.24, 2.45) is 0 Å². The maximum atomic E-state index is 9.18. The third-order valence-corrected chi connectivity index (χ3v) is 5.49. The van der Waals surface area contributed by atoms with Gasteiger partial charge in [0.25, 0.3) is 0 Å². The first-order valence-electron chi connectivity index (χ1n) is 8.45. The molecule has 0 atom stereocenters. The number of hydrogen-bond acceptors (Lipinski definition) is 5. The molecule has 0 saturated carbocycles. The average Bonchev–Trinajstić information content (AvgIpc) is 3.12. The number of nitrogens with zero attached hydrogens (tertiary/aromatic N) is 4. The maximum absolute atomic E-state index is 9.18. The van der Waals surface area contributed by atoms with E-state index >= 15 is 0 Å². The molecule has 3 heterocycles. The van der Waals surface area contributed by atoms with Crippen molar-refractivity contribution in [2.45, 2.75) is 0 Å². The van der Waals surface area contributed by atoms with E-state index in [9.17, 15) is 5.26 Å². The number of aromatic nitrogens is 3. The molecule has 3 aromatic heterocycles. The number of nitriles is 1. The third kappa shape index (κ3) is 2.55. The highest BCUT2D eigenvalue weighted by molar-refractivity contribution is 7.25. The Labute approximate surface area is 159 Å². The summed E-state index contributed by atoms with van der Waals surface area (Å²) in [6.07, 6.45) is 1.62. The van der Waals surface area contributed by atoms with Gasteiger partial charge in [-0.15, -0.1) is 21.5 Å². The summed E-state index contributed by atoms with van der Waals surface area (Å²) in [6.45, 7) is 0. The number of fused-ring (bicyclic) bond motifs is 3. The molecule has 0 aliphatic rings. The van der Waals surface area contributed by atoms with Gasteiger partial charge >= 0.3 is 0 Å². The summed E-state index contributed by atoms with van der Waals surface area (Å²) in [7, 11) is 0. The maximum Gasteiger partial charge on any atom is 0.149 e. The summed E-state index contributed by atoms with van der Waals surface area (Å²) in [5.74, 6) is 0. The van der Waals surface area contributed by atoms with Crippen LogP contribution >= 0.6 is 11.3 Å². The topological polar surface area (TPSA) is 62.5 Å². The fourth-order valence-electron chi connectivity index (χ4n) is 3.27. The van der Waals surface area contributed by atoms with Crippen LogP contribution in [0.3, 0.4) is 0 Å². The molecule has 5 rings (SSSR count). The van der Waals surface area contributed by atoms with Crippen LogP contribution in [0.2, 0.25) is 0 Å². The standard InChI is InChI=1S/C22H12N4S/c23-12-14-11-17-21(24-13-14)19-18(15-7-3-1-4-8-15)20(25-26-22(19)27-17)16-9-5-2-6-10-16/h1-11,13H. The van der Waals surface area contributed by atoms with Crippen LogP contribution in [0, 0.1) is 11.3 Å². The van der Waals surface area contributed by atoms with Gasteiger partial charge in [-0.3, -0.25) is 4.98 Å². The zero-order valence-corrected chi connectivity index (χ0v) is 14.9. The molecular weight excluding hydrogens is 352 g/mol. The van der Waals surface area contributed by atoms with Crippen LogP contribution in [0.4, 0.5) is 0 Å². The highest BCUT2D eigenvalue weighted by Gasteiger charge is 2.19. The predicted octanol–water partition coefficient (Wildman–Crippen LogP) is 5.45. The first kappa shape index (κ1) is 15.6. The van der Waals surface area contributed by atoms with Crippen molar-refractivity contribution in [3.63, 3.8) is 0 Å². The van der Waals surface area contributed by atoms with E-state index in [1.807, 2.05) is 54.6 Å². The van der Waals surface area contributed by atoms with Crippen molar-refractivity contribution in [3.05, 3.63) is 78.5 Å². The summed E-state index contributed by atoms with van der Waals surface area (Å²) in [5.41, 5.74) is 5.35. The molecule has 0 N–H and O–H groups in total. The molecule has 0 fully saturated rings. The van der Waals surface area contributed by atoms with Crippen molar-refractivity contribution in [3.8, 4) is 28.5 Å². The van der Waals surface area contributed by atoms with Gasteiger partial charge in [0.15, 0.2) is 0 Å². The minimum Gasteiger partial charge on any atom is -0.253 e. The molecule has 126 valence electrons. The van der Waals surface area contributed by atoms with Crippen LogP contribution in [0.1, 0.15) is 5.56 Å². The normalized spacial score (nSPS) is 10.9. The number of benzene rings is 2. The highest BCUT2D eigenvalue weighted by atomic mass is 32.1. The summed E-state index contributed by atoms with van der Waals surface area (Å²) in [5, 5.41) is 19.2. The lowest BCUT2D eigenvalue weighted by Crippen LogP contribution is -1.93. The Kier molecular flexibility index (Phi) is 3.63. The molecule has 0 aliphatic carbocycles. The highest BCUT2D eigenvalue weighted by Crippen LogP contribution is 2.41. The quantitative estimate of drug-likeness (QED) is 0.418. The zero-order chi connectivity index (χ0) is 18.2. The molecule has 0 unspecified atom stereocenters. The van der Waals surface area contributed by atoms with Crippen LogP contribution in [0.25, 0.3) is 42.8 Å². The summed E-state index contributed by atoms with van der Waals surface area (Å²) >= 11 is 1.52. The van der Waals surface area contributed by atoms with E-state index in [1.54, 1.807) is 6.20 Å². The van der Waals surface area contributed by atoms with Crippen molar-refractivity contribution < 1.29 is 0 Å². The first-order chi connectivity index (χ1) is 13.3. The molecule has 0 bridgehead atoms. The van der Waals surface area contributed by atoms with Gasteiger partial charge in [-0.1, -0.05) is 60.7 Å². The van der Waals surface area contributed by atoms with Gasteiger partial charge in [0.2, 0.25) is 0 Å². The molecule has 0 aliphatic heterocycles. The molecule has 27 heavy (non-hydrogen) atoms. The van der Waals surface area contributed by atoms with Gasteiger partial charge < -0.3 is 0 Å². The Hall–Kier alpha value is -3.62. The van der Waals surface area contributed by atoms with E-state index in [0.717, 1.165) is 42.8 Å². The minimum absolute atomic E-state index is 0.548. The minimum atomic E-state index is 0.548. The van der Waals surface area contributed by atoms with Crippen molar-refractivity contribution in [2.75, 3.05) is 0 Å². The van der Waals surface area contributed by atoms with Crippen LogP contribution < -0.4 is 0 Å². The van der Waals surface area contributed by atoms with Gasteiger partial charge in [-0.25, -0.2) is 0 Å². The van der Waals surface area contributed by atoms with Gasteiger partial charge in [0.05, 0.1) is 15.8 Å².